The molecular formula is C18H16Cl2N4O2. The smallest absolute Gasteiger partial charge is 0.292 e. The van der Waals surface area contributed by atoms with Gasteiger partial charge in [-0.25, -0.2) is 4.98 Å². The number of anilines is 1. The second-order valence-corrected chi connectivity index (χ2v) is 6.85. The summed E-state index contributed by atoms with van der Waals surface area (Å²) < 4.78 is 1.57. The van der Waals surface area contributed by atoms with Gasteiger partial charge in [0, 0.05) is 28.0 Å². The normalized spacial score (nSPS) is 11.0. The molecule has 2 N–H and O–H groups in total. The number of aromatic nitrogens is 2. The second kappa shape index (κ2) is 7.35. The molecule has 0 atom stereocenters. The van der Waals surface area contributed by atoms with Crippen molar-refractivity contribution < 1.29 is 9.59 Å². The number of halogens is 2. The number of fused-ring (bicyclic) bond motifs is 1. The summed E-state index contributed by atoms with van der Waals surface area (Å²) in [4.78, 5) is 29.4. The molecule has 26 heavy (non-hydrogen) atoms. The van der Waals surface area contributed by atoms with Gasteiger partial charge in [-0.1, -0.05) is 29.3 Å². The van der Waals surface area contributed by atoms with Gasteiger partial charge in [0.2, 0.25) is 5.82 Å². The molecule has 2 amide bonds. The van der Waals surface area contributed by atoms with Crippen LogP contribution in [0.25, 0.3) is 5.52 Å². The van der Waals surface area contributed by atoms with Crippen LogP contribution in [0.2, 0.25) is 10.0 Å². The molecule has 8 heteroatoms. The van der Waals surface area contributed by atoms with Crippen molar-refractivity contribution in [2.24, 2.45) is 0 Å². The number of benzene rings is 1. The lowest BCUT2D eigenvalue weighted by Crippen LogP contribution is -2.30. The van der Waals surface area contributed by atoms with E-state index in [4.69, 9.17) is 23.2 Å². The van der Waals surface area contributed by atoms with Crippen LogP contribution in [0.1, 0.15) is 35.0 Å². The molecule has 0 aliphatic rings. The second-order valence-electron chi connectivity index (χ2n) is 5.98. The Labute approximate surface area is 160 Å². The van der Waals surface area contributed by atoms with Gasteiger partial charge in [-0.15, -0.1) is 0 Å². The minimum atomic E-state index is -0.479. The average Bonchev–Trinajstić information content (AvgIpc) is 2.93. The molecule has 3 rings (SSSR count). The van der Waals surface area contributed by atoms with Crippen LogP contribution in [-0.4, -0.2) is 27.2 Å². The summed E-state index contributed by atoms with van der Waals surface area (Å²) in [5.74, 6) is -0.729. The van der Waals surface area contributed by atoms with Crippen LogP contribution >= 0.6 is 23.2 Å². The van der Waals surface area contributed by atoms with Gasteiger partial charge in [-0.3, -0.25) is 14.0 Å². The Balaban J connectivity index is 1.99. The van der Waals surface area contributed by atoms with Gasteiger partial charge in [0.1, 0.15) is 0 Å². The maximum Gasteiger partial charge on any atom is 0.292 e. The number of pyridine rings is 1. The van der Waals surface area contributed by atoms with Crippen LogP contribution in [0.4, 0.5) is 5.69 Å². The Bertz CT molecular complexity index is 978. The van der Waals surface area contributed by atoms with Gasteiger partial charge in [-0.05, 0) is 44.2 Å². The number of carbonyl (C=O) groups is 2. The zero-order valence-corrected chi connectivity index (χ0v) is 15.6. The van der Waals surface area contributed by atoms with Crippen molar-refractivity contribution in [2.45, 2.75) is 19.9 Å². The van der Waals surface area contributed by atoms with Crippen molar-refractivity contribution >= 4 is 46.2 Å². The topological polar surface area (TPSA) is 75.5 Å². The van der Waals surface area contributed by atoms with Gasteiger partial charge in [0.25, 0.3) is 11.8 Å². The molecule has 0 saturated carbocycles. The molecule has 3 aromatic rings. The third kappa shape index (κ3) is 3.81. The van der Waals surface area contributed by atoms with E-state index < -0.39 is 5.91 Å². The van der Waals surface area contributed by atoms with E-state index in [2.05, 4.69) is 15.6 Å². The highest BCUT2D eigenvalue weighted by Gasteiger charge is 2.22. The Morgan fingerprint density at radius 2 is 1.77 bits per heavy atom. The van der Waals surface area contributed by atoms with Crippen molar-refractivity contribution in [3.8, 4) is 0 Å². The van der Waals surface area contributed by atoms with Crippen molar-refractivity contribution in [1.29, 1.82) is 0 Å². The highest BCUT2D eigenvalue weighted by atomic mass is 35.5. The third-order valence-electron chi connectivity index (χ3n) is 3.51. The first-order valence-electron chi connectivity index (χ1n) is 7.90. The van der Waals surface area contributed by atoms with Gasteiger partial charge in [-0.2, -0.15) is 0 Å². The highest BCUT2D eigenvalue weighted by molar-refractivity contribution is 6.35. The zero-order valence-electron chi connectivity index (χ0n) is 14.1. The number of hydrogen-bond donors (Lipinski definition) is 2. The Morgan fingerprint density at radius 3 is 2.42 bits per heavy atom. The molecular weight excluding hydrogens is 375 g/mol. The highest BCUT2D eigenvalue weighted by Crippen LogP contribution is 2.23. The van der Waals surface area contributed by atoms with Gasteiger partial charge in [0.05, 0.1) is 5.52 Å². The minimum absolute atomic E-state index is 0.0474. The van der Waals surface area contributed by atoms with E-state index in [9.17, 15) is 9.59 Å². The monoisotopic (exact) mass is 390 g/mol. The van der Waals surface area contributed by atoms with Crippen molar-refractivity contribution in [3.05, 3.63) is 64.2 Å². The molecule has 2 heterocycles. The fourth-order valence-electron chi connectivity index (χ4n) is 2.51. The molecule has 0 aliphatic heterocycles. The summed E-state index contributed by atoms with van der Waals surface area (Å²) in [5.41, 5.74) is 1.17. The van der Waals surface area contributed by atoms with Crippen LogP contribution in [0, 0.1) is 0 Å². The predicted octanol–water partition coefficient (Wildman–Crippen LogP) is 4.03. The summed E-state index contributed by atoms with van der Waals surface area (Å²) in [5, 5.41) is 6.29. The standard InChI is InChI=1S/C18H16Cl2N4O2/c1-10(2)21-17(25)15-14-5-3-4-6-24(14)16(23-15)18(26)22-13-8-11(19)7-12(20)9-13/h3-10H,1-2H3,(H,21,25)(H,22,26). The molecule has 0 saturated heterocycles. The molecule has 0 radical (unpaired) electrons. The summed E-state index contributed by atoms with van der Waals surface area (Å²) in [6, 6.07) is 9.94. The summed E-state index contributed by atoms with van der Waals surface area (Å²) in [6.07, 6.45) is 1.67. The van der Waals surface area contributed by atoms with Crippen molar-refractivity contribution in [1.82, 2.24) is 14.7 Å². The fourth-order valence-corrected chi connectivity index (χ4v) is 3.03. The van der Waals surface area contributed by atoms with Crippen LogP contribution in [0.15, 0.2) is 42.6 Å². The lowest BCUT2D eigenvalue weighted by molar-refractivity contribution is 0.0940. The van der Waals surface area contributed by atoms with Crippen molar-refractivity contribution in [2.75, 3.05) is 5.32 Å². The average molecular weight is 391 g/mol. The number of rotatable bonds is 4. The van der Waals surface area contributed by atoms with Gasteiger partial charge in [0.15, 0.2) is 5.69 Å². The summed E-state index contributed by atoms with van der Waals surface area (Å²) in [7, 11) is 0. The number of imidazole rings is 1. The van der Waals surface area contributed by atoms with Crippen LogP contribution in [0.5, 0.6) is 0 Å². The zero-order chi connectivity index (χ0) is 18.8. The van der Waals surface area contributed by atoms with E-state index in [0.29, 0.717) is 21.2 Å². The van der Waals surface area contributed by atoms with E-state index in [1.54, 1.807) is 47.0 Å². The van der Waals surface area contributed by atoms with Crippen molar-refractivity contribution in [3.63, 3.8) is 0 Å². The first-order valence-corrected chi connectivity index (χ1v) is 8.66. The molecule has 2 aromatic heterocycles. The largest absolute Gasteiger partial charge is 0.348 e. The molecule has 6 nitrogen and oxygen atoms in total. The number of hydrogen-bond acceptors (Lipinski definition) is 3. The molecule has 0 aliphatic carbocycles. The fraction of sp³-hybridized carbons (Fsp3) is 0.167. The summed E-state index contributed by atoms with van der Waals surface area (Å²) >= 11 is 11.9. The van der Waals surface area contributed by atoms with E-state index in [-0.39, 0.29) is 23.5 Å². The van der Waals surface area contributed by atoms with E-state index in [1.807, 2.05) is 13.8 Å². The molecule has 0 fully saturated rings. The number of carbonyl (C=O) groups excluding carboxylic acids is 2. The van der Waals surface area contributed by atoms with Crippen LogP contribution < -0.4 is 10.6 Å². The predicted molar refractivity (Wildman–Crippen MR) is 102 cm³/mol. The number of nitrogens with one attached hydrogen (secondary N) is 2. The first-order chi connectivity index (χ1) is 12.3. The Hall–Kier alpha value is -2.57. The molecule has 0 spiro atoms. The van der Waals surface area contributed by atoms with Gasteiger partial charge >= 0.3 is 0 Å². The van der Waals surface area contributed by atoms with E-state index >= 15 is 0 Å². The SMILES string of the molecule is CC(C)NC(=O)c1nc(C(=O)Nc2cc(Cl)cc(Cl)c2)n2ccccc12. The number of nitrogens with zero attached hydrogens (tertiary/aromatic N) is 2. The van der Waals surface area contributed by atoms with E-state index in [0.717, 1.165) is 0 Å². The Morgan fingerprint density at radius 1 is 1.08 bits per heavy atom. The number of amides is 2. The molecule has 0 unspecified atom stereocenters. The molecule has 1 aromatic carbocycles. The minimum Gasteiger partial charge on any atom is -0.348 e. The van der Waals surface area contributed by atoms with Gasteiger partial charge < -0.3 is 10.6 Å². The molecule has 0 bridgehead atoms. The summed E-state index contributed by atoms with van der Waals surface area (Å²) in [6.45, 7) is 3.71. The van der Waals surface area contributed by atoms with Crippen LogP contribution in [0.3, 0.4) is 0 Å². The molecule has 134 valence electrons. The first kappa shape index (κ1) is 18.2. The maximum absolute atomic E-state index is 12.7. The lowest BCUT2D eigenvalue weighted by Gasteiger charge is -2.06. The Kier molecular flexibility index (Phi) is 5.15. The third-order valence-corrected chi connectivity index (χ3v) is 3.94. The lowest BCUT2D eigenvalue weighted by atomic mass is 10.3. The quantitative estimate of drug-likeness (QED) is 0.705. The van der Waals surface area contributed by atoms with E-state index in [1.165, 1.54) is 0 Å². The van der Waals surface area contributed by atoms with Crippen LogP contribution in [-0.2, 0) is 0 Å². The maximum atomic E-state index is 12.7.